The monoisotopic (exact) mass is 324 g/mol. The van der Waals surface area contributed by atoms with Crippen LogP contribution in [0.15, 0.2) is 23.1 Å². The van der Waals surface area contributed by atoms with Gasteiger partial charge < -0.3 is 5.32 Å². The van der Waals surface area contributed by atoms with E-state index in [4.69, 9.17) is 23.2 Å². The second-order valence-electron chi connectivity index (χ2n) is 3.92. The number of hydrogen-bond acceptors (Lipinski definition) is 3. The third-order valence-corrected chi connectivity index (χ3v) is 4.64. The van der Waals surface area contributed by atoms with Crippen LogP contribution in [0.25, 0.3) is 0 Å². The lowest BCUT2D eigenvalue weighted by Crippen LogP contribution is -2.22. The minimum Gasteiger partial charge on any atom is -0.325 e. The van der Waals surface area contributed by atoms with Crippen molar-refractivity contribution >= 4 is 44.8 Å². The lowest BCUT2D eigenvalue weighted by Gasteiger charge is -2.13. The fraction of sp³-hybridized carbons (Fsp3) is 0.364. The van der Waals surface area contributed by atoms with Crippen molar-refractivity contribution in [3.05, 3.63) is 23.2 Å². The summed E-state index contributed by atoms with van der Waals surface area (Å²) in [6.07, 6.45) is 0.128. The first-order chi connectivity index (χ1) is 8.78. The summed E-state index contributed by atoms with van der Waals surface area (Å²) in [5.41, 5.74) is 0.250. The topological polar surface area (TPSA) is 66.5 Å². The van der Waals surface area contributed by atoms with Crippen molar-refractivity contribution in [1.82, 2.24) is 4.31 Å². The molecular formula is C11H14Cl2N2O3S. The number of rotatable bonds is 5. The molecule has 5 nitrogen and oxygen atoms in total. The number of nitrogens with zero attached hydrogens (tertiary/aromatic N) is 1. The van der Waals surface area contributed by atoms with E-state index in [0.717, 1.165) is 4.31 Å². The standard InChI is InChI=1S/C11H14Cl2N2O3S/c1-15(2)19(17,18)8-3-4-9(13)10(7-8)14-11(16)5-6-12/h3-4,7H,5-6H2,1-2H3,(H,14,16). The molecule has 0 atom stereocenters. The van der Waals surface area contributed by atoms with E-state index >= 15 is 0 Å². The molecule has 1 aromatic rings. The van der Waals surface area contributed by atoms with Crippen LogP contribution in [0.1, 0.15) is 6.42 Å². The van der Waals surface area contributed by atoms with Crippen molar-refractivity contribution in [2.24, 2.45) is 0 Å². The van der Waals surface area contributed by atoms with Gasteiger partial charge >= 0.3 is 0 Å². The molecule has 0 aliphatic heterocycles. The highest BCUT2D eigenvalue weighted by molar-refractivity contribution is 7.89. The lowest BCUT2D eigenvalue weighted by atomic mass is 10.3. The Labute approximate surface area is 122 Å². The highest BCUT2D eigenvalue weighted by Crippen LogP contribution is 2.26. The molecule has 0 radical (unpaired) electrons. The summed E-state index contributed by atoms with van der Waals surface area (Å²) >= 11 is 11.4. The molecule has 1 rings (SSSR count). The number of halogens is 2. The predicted octanol–water partition coefficient (Wildman–Crippen LogP) is 2.16. The molecule has 0 aromatic heterocycles. The Morgan fingerprint density at radius 3 is 2.53 bits per heavy atom. The van der Waals surface area contributed by atoms with Gasteiger partial charge in [-0.25, -0.2) is 12.7 Å². The normalized spacial score (nSPS) is 11.6. The Hall–Kier alpha value is -0.820. The summed E-state index contributed by atoms with van der Waals surface area (Å²) in [6.45, 7) is 0. The molecule has 19 heavy (non-hydrogen) atoms. The number of carbonyl (C=O) groups is 1. The third-order valence-electron chi connectivity index (χ3n) is 2.31. The first kappa shape index (κ1) is 16.2. The molecular weight excluding hydrogens is 311 g/mol. The van der Waals surface area contributed by atoms with Gasteiger partial charge in [-0.2, -0.15) is 0 Å². The van der Waals surface area contributed by atoms with Gasteiger partial charge in [0.15, 0.2) is 0 Å². The Morgan fingerprint density at radius 1 is 1.37 bits per heavy atom. The van der Waals surface area contributed by atoms with Gasteiger partial charge in [-0.3, -0.25) is 4.79 Å². The van der Waals surface area contributed by atoms with Gasteiger partial charge in [0.25, 0.3) is 0 Å². The van der Waals surface area contributed by atoms with Crippen LogP contribution >= 0.6 is 23.2 Å². The maximum Gasteiger partial charge on any atom is 0.242 e. The molecule has 0 bridgehead atoms. The van der Waals surface area contributed by atoms with Crippen molar-refractivity contribution in [3.8, 4) is 0 Å². The summed E-state index contributed by atoms with van der Waals surface area (Å²) in [5.74, 6) is -0.143. The van der Waals surface area contributed by atoms with Crippen molar-refractivity contribution in [1.29, 1.82) is 0 Å². The zero-order valence-corrected chi connectivity index (χ0v) is 12.8. The van der Waals surface area contributed by atoms with E-state index in [0.29, 0.717) is 0 Å². The van der Waals surface area contributed by atoms with Gasteiger partial charge in [0.05, 0.1) is 15.6 Å². The predicted molar refractivity (Wildman–Crippen MR) is 76.3 cm³/mol. The SMILES string of the molecule is CN(C)S(=O)(=O)c1ccc(Cl)c(NC(=O)CCCl)c1. The molecule has 0 aliphatic rings. The quantitative estimate of drug-likeness (QED) is 0.844. The Balaban J connectivity index is 3.11. The first-order valence-electron chi connectivity index (χ1n) is 5.37. The van der Waals surface area contributed by atoms with E-state index in [2.05, 4.69) is 5.32 Å². The number of benzene rings is 1. The van der Waals surface area contributed by atoms with Crippen molar-refractivity contribution in [3.63, 3.8) is 0 Å². The van der Waals surface area contributed by atoms with Gasteiger partial charge in [0.1, 0.15) is 0 Å². The Bertz CT molecular complexity index is 573. The average molecular weight is 325 g/mol. The highest BCUT2D eigenvalue weighted by atomic mass is 35.5. The number of alkyl halides is 1. The molecule has 0 saturated carbocycles. The molecule has 106 valence electrons. The van der Waals surface area contributed by atoms with Crippen molar-refractivity contribution in [2.75, 3.05) is 25.3 Å². The molecule has 1 amide bonds. The van der Waals surface area contributed by atoms with Crippen LogP contribution < -0.4 is 5.32 Å². The number of anilines is 1. The van der Waals surface area contributed by atoms with Crippen molar-refractivity contribution in [2.45, 2.75) is 11.3 Å². The summed E-state index contributed by atoms with van der Waals surface area (Å²) in [4.78, 5) is 11.5. The number of amides is 1. The van der Waals surface area contributed by atoms with Crippen LogP contribution in [-0.4, -0.2) is 38.6 Å². The van der Waals surface area contributed by atoms with Crippen LogP contribution in [0, 0.1) is 0 Å². The summed E-state index contributed by atoms with van der Waals surface area (Å²) < 4.78 is 25.0. The van der Waals surface area contributed by atoms with E-state index < -0.39 is 10.0 Å². The van der Waals surface area contributed by atoms with Gasteiger partial charge in [-0.15, -0.1) is 11.6 Å². The zero-order chi connectivity index (χ0) is 14.6. The van der Waals surface area contributed by atoms with Crippen LogP contribution in [0.2, 0.25) is 5.02 Å². The largest absolute Gasteiger partial charge is 0.325 e. The lowest BCUT2D eigenvalue weighted by molar-refractivity contribution is -0.115. The maximum atomic E-state index is 12.0. The number of hydrogen-bond donors (Lipinski definition) is 1. The molecule has 0 fully saturated rings. The second kappa shape index (κ2) is 6.56. The van der Waals surface area contributed by atoms with E-state index in [1.54, 1.807) is 0 Å². The molecule has 0 heterocycles. The molecule has 0 spiro atoms. The van der Waals surface area contributed by atoms with Crippen LogP contribution in [0.4, 0.5) is 5.69 Å². The Kier molecular flexibility index (Phi) is 5.61. The fourth-order valence-corrected chi connectivity index (χ4v) is 2.53. The second-order valence-corrected chi connectivity index (χ2v) is 6.85. The molecule has 1 N–H and O–H groups in total. The molecule has 0 aliphatic carbocycles. The van der Waals surface area contributed by atoms with E-state index in [1.807, 2.05) is 0 Å². The van der Waals surface area contributed by atoms with Gasteiger partial charge in [0, 0.05) is 26.4 Å². The zero-order valence-electron chi connectivity index (χ0n) is 10.5. The maximum absolute atomic E-state index is 12.0. The minimum atomic E-state index is -3.57. The van der Waals surface area contributed by atoms with Crippen molar-refractivity contribution < 1.29 is 13.2 Å². The molecule has 1 aromatic carbocycles. The number of carbonyl (C=O) groups excluding carboxylic acids is 1. The van der Waals surface area contributed by atoms with Gasteiger partial charge in [-0.05, 0) is 18.2 Å². The summed E-state index contributed by atoms with van der Waals surface area (Å²) in [6, 6.07) is 4.13. The van der Waals surface area contributed by atoms with Gasteiger partial charge in [-0.1, -0.05) is 11.6 Å². The minimum absolute atomic E-state index is 0.0584. The first-order valence-corrected chi connectivity index (χ1v) is 7.72. The molecule has 8 heteroatoms. The smallest absolute Gasteiger partial charge is 0.242 e. The molecule has 0 saturated heterocycles. The van der Waals surface area contributed by atoms with Crippen LogP contribution in [-0.2, 0) is 14.8 Å². The summed E-state index contributed by atoms with van der Waals surface area (Å²) in [5, 5.41) is 2.79. The van der Waals surface area contributed by atoms with Crippen LogP contribution in [0.5, 0.6) is 0 Å². The Morgan fingerprint density at radius 2 is 2.00 bits per heavy atom. The van der Waals surface area contributed by atoms with E-state index in [-0.39, 0.29) is 33.8 Å². The number of nitrogens with one attached hydrogen (secondary N) is 1. The molecule has 0 unspecified atom stereocenters. The average Bonchev–Trinajstić information content (AvgIpc) is 2.31. The van der Waals surface area contributed by atoms with E-state index in [1.165, 1.54) is 32.3 Å². The fourth-order valence-electron chi connectivity index (χ4n) is 1.27. The van der Waals surface area contributed by atoms with Gasteiger partial charge in [0.2, 0.25) is 15.9 Å². The number of sulfonamides is 1. The third kappa shape index (κ3) is 4.07. The summed E-state index contributed by atoms with van der Waals surface area (Å²) in [7, 11) is -0.714. The van der Waals surface area contributed by atoms with E-state index in [9.17, 15) is 13.2 Å². The highest BCUT2D eigenvalue weighted by Gasteiger charge is 2.19. The van der Waals surface area contributed by atoms with Crippen LogP contribution in [0.3, 0.4) is 0 Å².